The van der Waals surface area contributed by atoms with Crippen molar-refractivity contribution < 1.29 is 19.1 Å². The number of rotatable bonds is 5. The lowest BCUT2D eigenvalue weighted by Crippen LogP contribution is -2.70. The molecule has 2 aromatic carbocycles. The molecule has 1 saturated heterocycles. The molecule has 0 N–H and O–H groups in total. The molecule has 5 rings (SSSR count). The molecular weight excluding hydrogens is 444 g/mol. The first-order chi connectivity index (χ1) is 16.7. The van der Waals surface area contributed by atoms with Crippen molar-refractivity contribution in [2.75, 3.05) is 4.90 Å². The number of fused-ring (bicyclic) bond motifs is 3. The molecule has 3 heterocycles. The molecule has 2 aliphatic heterocycles. The van der Waals surface area contributed by atoms with E-state index in [1.807, 2.05) is 62.7 Å². The summed E-state index contributed by atoms with van der Waals surface area (Å²) in [5.41, 5.74) is 3.08. The fourth-order valence-corrected chi connectivity index (χ4v) is 5.26. The Morgan fingerprint density at radius 2 is 1.80 bits per heavy atom. The van der Waals surface area contributed by atoms with E-state index >= 15 is 0 Å². The third-order valence-corrected chi connectivity index (χ3v) is 6.70. The van der Waals surface area contributed by atoms with Gasteiger partial charge in [-0.05, 0) is 63.6 Å². The van der Waals surface area contributed by atoms with Gasteiger partial charge in [-0.1, -0.05) is 24.3 Å². The van der Waals surface area contributed by atoms with E-state index in [2.05, 4.69) is 5.10 Å². The van der Waals surface area contributed by atoms with E-state index in [0.29, 0.717) is 11.3 Å². The summed E-state index contributed by atoms with van der Waals surface area (Å²) in [5, 5.41) is 4.49. The number of amides is 2. The van der Waals surface area contributed by atoms with Crippen molar-refractivity contribution in [1.82, 2.24) is 14.7 Å². The number of hydrogen-bond acceptors (Lipinski definition) is 5. The Morgan fingerprint density at radius 3 is 2.46 bits per heavy atom. The second kappa shape index (κ2) is 8.37. The predicted molar refractivity (Wildman–Crippen MR) is 130 cm³/mol. The molecule has 180 valence electrons. The van der Waals surface area contributed by atoms with E-state index in [1.165, 1.54) is 9.80 Å². The molecule has 2 aliphatic rings. The van der Waals surface area contributed by atoms with Crippen LogP contribution in [0.25, 0.3) is 5.69 Å². The van der Waals surface area contributed by atoms with Gasteiger partial charge in [0.05, 0.1) is 22.6 Å². The van der Waals surface area contributed by atoms with Gasteiger partial charge in [0.15, 0.2) is 0 Å². The zero-order valence-corrected chi connectivity index (χ0v) is 20.3. The van der Waals surface area contributed by atoms with E-state index < -0.39 is 11.6 Å². The number of aromatic nitrogens is 2. The summed E-state index contributed by atoms with van der Waals surface area (Å²) in [7, 11) is 0. The topological polar surface area (TPSA) is 84.7 Å². The minimum Gasteiger partial charge on any atom is -0.458 e. The first-order valence-corrected chi connectivity index (χ1v) is 11.8. The first-order valence-electron chi connectivity index (χ1n) is 11.8. The second-order valence-electron chi connectivity index (χ2n) is 9.41. The molecule has 0 spiro atoms. The number of carbonyl (C=O) groups excluding carboxylic acids is 3. The van der Waals surface area contributed by atoms with Crippen LogP contribution in [0.3, 0.4) is 0 Å². The average molecular weight is 473 g/mol. The molecule has 8 nitrogen and oxygen atoms in total. The maximum absolute atomic E-state index is 13.7. The van der Waals surface area contributed by atoms with E-state index in [4.69, 9.17) is 4.74 Å². The normalized spacial score (nSPS) is 19.2. The molecule has 1 atom stereocenters. The number of esters is 1. The van der Waals surface area contributed by atoms with Gasteiger partial charge in [-0.2, -0.15) is 5.10 Å². The highest BCUT2D eigenvalue weighted by molar-refractivity contribution is 6.15. The molecule has 1 aromatic heterocycles. The molecule has 1 unspecified atom stereocenters. The number of anilines is 1. The van der Waals surface area contributed by atoms with Gasteiger partial charge >= 0.3 is 5.97 Å². The number of benzene rings is 2. The van der Waals surface area contributed by atoms with E-state index in [-0.39, 0.29) is 37.3 Å². The minimum absolute atomic E-state index is 0.0295. The highest BCUT2D eigenvalue weighted by Crippen LogP contribution is 2.46. The van der Waals surface area contributed by atoms with Crippen molar-refractivity contribution >= 4 is 23.5 Å². The zero-order valence-electron chi connectivity index (χ0n) is 20.3. The number of carbonyl (C=O) groups is 3. The molecule has 0 aliphatic carbocycles. The summed E-state index contributed by atoms with van der Waals surface area (Å²) in [6.45, 7) is 7.66. The first kappa shape index (κ1) is 22.8. The molecule has 2 amide bonds. The Balaban J connectivity index is 1.43. The van der Waals surface area contributed by atoms with Gasteiger partial charge in [-0.3, -0.25) is 14.5 Å². The van der Waals surface area contributed by atoms with Crippen LogP contribution in [0.5, 0.6) is 0 Å². The van der Waals surface area contributed by atoms with Gasteiger partial charge in [0.25, 0.3) is 5.91 Å². The second-order valence-corrected chi connectivity index (χ2v) is 9.41. The van der Waals surface area contributed by atoms with Crippen LogP contribution in [0.15, 0.2) is 54.6 Å². The van der Waals surface area contributed by atoms with Crippen molar-refractivity contribution in [1.29, 1.82) is 0 Å². The zero-order chi connectivity index (χ0) is 24.9. The van der Waals surface area contributed by atoms with Gasteiger partial charge < -0.3 is 9.64 Å². The van der Waals surface area contributed by atoms with E-state index in [0.717, 1.165) is 22.6 Å². The number of ether oxygens (including phenoxy) is 1. The summed E-state index contributed by atoms with van der Waals surface area (Å²) in [5.74, 6) is -1.06. The quantitative estimate of drug-likeness (QED) is 0.526. The van der Waals surface area contributed by atoms with Crippen LogP contribution >= 0.6 is 0 Å². The van der Waals surface area contributed by atoms with Gasteiger partial charge in [0.1, 0.15) is 6.61 Å². The van der Waals surface area contributed by atoms with Crippen molar-refractivity contribution in [2.45, 2.75) is 58.8 Å². The van der Waals surface area contributed by atoms with Gasteiger partial charge in [0.2, 0.25) is 11.6 Å². The van der Waals surface area contributed by atoms with Crippen LogP contribution in [0.1, 0.15) is 54.0 Å². The Hall–Kier alpha value is -3.94. The molecule has 3 aromatic rings. The maximum Gasteiger partial charge on any atom is 0.354 e. The smallest absolute Gasteiger partial charge is 0.354 e. The van der Waals surface area contributed by atoms with Crippen molar-refractivity contribution in [3.8, 4) is 5.69 Å². The lowest BCUT2D eigenvalue weighted by atomic mass is 9.95. The fraction of sp³-hybridized carbons (Fsp3) is 0.333. The summed E-state index contributed by atoms with van der Waals surface area (Å²) in [6.07, 6.45) is 0.358. The molecule has 35 heavy (non-hydrogen) atoms. The summed E-state index contributed by atoms with van der Waals surface area (Å²) in [6, 6.07) is 16.3. The molecule has 0 saturated carbocycles. The van der Waals surface area contributed by atoms with Gasteiger partial charge in [-0.15, -0.1) is 0 Å². The largest absolute Gasteiger partial charge is 0.458 e. The number of para-hydroxylation sites is 1. The molecule has 1 fully saturated rings. The summed E-state index contributed by atoms with van der Waals surface area (Å²) in [4.78, 5) is 43.1. The third-order valence-electron chi connectivity index (χ3n) is 6.70. The highest BCUT2D eigenvalue weighted by atomic mass is 16.5. The van der Waals surface area contributed by atoms with E-state index in [9.17, 15) is 14.4 Å². The molecule has 0 bridgehead atoms. The Bertz CT molecular complexity index is 1330. The lowest BCUT2D eigenvalue weighted by molar-refractivity contribution is -0.159. The Morgan fingerprint density at radius 1 is 1.09 bits per heavy atom. The minimum atomic E-state index is -1.49. The Kier molecular flexibility index (Phi) is 5.46. The number of hydrogen-bond donors (Lipinski definition) is 0. The Labute approximate surface area is 204 Å². The predicted octanol–water partition coefficient (Wildman–Crippen LogP) is 3.92. The summed E-state index contributed by atoms with van der Waals surface area (Å²) < 4.78 is 7.65. The monoisotopic (exact) mass is 472 g/mol. The van der Waals surface area contributed by atoms with Crippen LogP contribution in [0.2, 0.25) is 0 Å². The van der Waals surface area contributed by atoms with E-state index in [1.54, 1.807) is 24.3 Å². The SMILES string of the molecule is Cc1cc(C)n(-c2ccc(COC(=O)C34CCC(=O)N3c3ccccc3C(=O)N4C(C)C)cc2)n1. The molecule has 8 heteroatoms. The number of nitrogens with zero attached hydrogens (tertiary/aromatic N) is 4. The van der Waals surface area contributed by atoms with Crippen LogP contribution in [0.4, 0.5) is 5.69 Å². The van der Waals surface area contributed by atoms with Crippen molar-refractivity contribution in [3.63, 3.8) is 0 Å². The maximum atomic E-state index is 13.7. The van der Waals surface area contributed by atoms with Crippen LogP contribution in [-0.2, 0) is 20.9 Å². The highest BCUT2D eigenvalue weighted by Gasteiger charge is 2.62. The standard InChI is InChI=1S/C27H28N4O4/c1-17(2)29-25(33)22-7-5-6-8-23(22)30-24(32)13-14-27(29,30)26(34)35-16-20-9-11-21(12-10-20)31-19(4)15-18(3)28-31/h5-12,15,17H,13-14,16H2,1-4H3. The van der Waals surface area contributed by atoms with Crippen molar-refractivity contribution in [2.24, 2.45) is 0 Å². The van der Waals surface area contributed by atoms with Crippen molar-refractivity contribution in [3.05, 3.63) is 77.1 Å². The molecule has 0 radical (unpaired) electrons. The summed E-state index contributed by atoms with van der Waals surface area (Å²) >= 11 is 0. The molecular formula is C27H28N4O4. The average Bonchev–Trinajstić information content (AvgIpc) is 3.36. The number of aryl methyl sites for hydroxylation is 2. The van der Waals surface area contributed by atoms with Gasteiger partial charge in [-0.25, -0.2) is 9.48 Å². The third kappa shape index (κ3) is 3.51. The lowest BCUT2D eigenvalue weighted by Gasteiger charge is -2.50. The van der Waals surface area contributed by atoms with Gasteiger partial charge in [0, 0.05) is 24.6 Å². The van der Waals surface area contributed by atoms with Crippen LogP contribution in [0, 0.1) is 13.8 Å². The fourth-order valence-electron chi connectivity index (χ4n) is 5.26. The van der Waals surface area contributed by atoms with Crippen LogP contribution < -0.4 is 4.90 Å². The van der Waals surface area contributed by atoms with Crippen LogP contribution in [-0.4, -0.2) is 44.2 Å².